The fraction of sp³-hybridized carbons (Fsp3) is 0.286. The summed E-state index contributed by atoms with van der Waals surface area (Å²) in [7, 11) is -2.02. The summed E-state index contributed by atoms with van der Waals surface area (Å²) in [6, 6.07) is 5.23. The topological polar surface area (TPSA) is 55.4 Å². The van der Waals surface area contributed by atoms with Gasteiger partial charge in [-0.05, 0) is 60.0 Å². The molecule has 2 rings (SSSR count). The van der Waals surface area contributed by atoms with Gasteiger partial charge in [0.05, 0.1) is 16.6 Å². The maximum absolute atomic E-state index is 12.4. The monoisotopic (exact) mass is 389 g/mol. The summed E-state index contributed by atoms with van der Waals surface area (Å²) in [6.45, 7) is 5.61. The highest BCUT2D eigenvalue weighted by molar-refractivity contribution is 9.11. The van der Waals surface area contributed by atoms with E-state index in [4.69, 9.17) is 4.74 Å². The van der Waals surface area contributed by atoms with Gasteiger partial charge < -0.3 is 4.74 Å². The van der Waals surface area contributed by atoms with Crippen molar-refractivity contribution in [1.29, 1.82) is 0 Å². The lowest BCUT2D eigenvalue weighted by molar-refractivity contribution is 0.409. The summed E-state index contributed by atoms with van der Waals surface area (Å²) in [4.78, 5) is 0. The number of aryl methyl sites for hydroxylation is 2. The van der Waals surface area contributed by atoms with E-state index in [1.54, 1.807) is 19.2 Å². The summed E-state index contributed by atoms with van der Waals surface area (Å²) >= 11 is 4.54. The molecule has 0 amide bonds. The Labute approximate surface area is 137 Å². The van der Waals surface area contributed by atoms with Crippen LogP contribution in [0.15, 0.2) is 26.2 Å². The number of halogens is 1. The highest BCUT2D eigenvalue weighted by Crippen LogP contribution is 2.34. The van der Waals surface area contributed by atoms with E-state index < -0.39 is 10.0 Å². The lowest BCUT2D eigenvalue weighted by atomic mass is 10.1. The molecule has 0 unspecified atom stereocenters. The molecule has 1 aromatic carbocycles. The minimum absolute atomic E-state index is 0.283. The molecule has 0 aliphatic rings. The quantitative estimate of drug-likeness (QED) is 0.850. The van der Waals surface area contributed by atoms with Crippen LogP contribution in [0.2, 0.25) is 0 Å². The molecule has 1 heterocycles. The molecule has 4 nitrogen and oxygen atoms in total. The molecule has 0 saturated heterocycles. The molecule has 0 atom stereocenters. The van der Waals surface area contributed by atoms with E-state index in [9.17, 15) is 8.42 Å². The van der Waals surface area contributed by atoms with E-state index in [0.717, 1.165) is 20.5 Å². The van der Waals surface area contributed by atoms with E-state index in [2.05, 4.69) is 20.7 Å². The molecule has 0 saturated carbocycles. The third kappa shape index (κ3) is 3.25. The molecule has 0 radical (unpaired) electrons. The Morgan fingerprint density at radius 2 is 1.86 bits per heavy atom. The number of anilines is 1. The molecule has 114 valence electrons. The number of rotatable bonds is 4. The molecule has 0 aliphatic heterocycles. The number of sulfonamides is 1. The van der Waals surface area contributed by atoms with E-state index in [1.807, 2.05) is 26.8 Å². The molecule has 0 spiro atoms. The van der Waals surface area contributed by atoms with Crippen LogP contribution in [0.1, 0.15) is 16.7 Å². The van der Waals surface area contributed by atoms with Gasteiger partial charge in [-0.15, -0.1) is 11.3 Å². The van der Waals surface area contributed by atoms with Gasteiger partial charge in [-0.3, -0.25) is 4.72 Å². The van der Waals surface area contributed by atoms with Crippen LogP contribution < -0.4 is 9.46 Å². The number of hydrogen-bond donors (Lipinski definition) is 1. The van der Waals surface area contributed by atoms with Crippen LogP contribution in [-0.4, -0.2) is 15.5 Å². The number of thiophene rings is 1. The summed E-state index contributed by atoms with van der Waals surface area (Å²) in [5, 5.41) is 0. The molecular weight excluding hydrogens is 374 g/mol. The second-order valence-corrected chi connectivity index (χ2v) is 9.00. The van der Waals surface area contributed by atoms with Crippen molar-refractivity contribution in [2.24, 2.45) is 0 Å². The summed E-state index contributed by atoms with van der Waals surface area (Å²) in [5.74, 6) is 0.693. The second kappa shape index (κ2) is 5.98. The van der Waals surface area contributed by atoms with Crippen molar-refractivity contribution < 1.29 is 13.2 Å². The number of methoxy groups -OCH3 is 1. The van der Waals surface area contributed by atoms with Gasteiger partial charge in [-0.25, -0.2) is 8.42 Å². The Kier molecular flexibility index (Phi) is 4.65. The summed E-state index contributed by atoms with van der Waals surface area (Å²) in [5.41, 5.74) is 3.17. The van der Waals surface area contributed by atoms with Crippen LogP contribution in [0.5, 0.6) is 5.75 Å². The zero-order valence-corrected chi connectivity index (χ0v) is 15.4. The molecule has 1 aromatic heterocycles. The fourth-order valence-corrected chi connectivity index (χ4v) is 5.36. The first-order chi connectivity index (χ1) is 9.76. The minimum Gasteiger partial charge on any atom is -0.496 e. The van der Waals surface area contributed by atoms with Gasteiger partial charge >= 0.3 is 0 Å². The predicted molar refractivity (Wildman–Crippen MR) is 90.0 cm³/mol. The van der Waals surface area contributed by atoms with Crippen LogP contribution in [0, 0.1) is 20.8 Å². The highest BCUT2D eigenvalue weighted by atomic mass is 79.9. The smallest absolute Gasteiger partial charge is 0.271 e. The first kappa shape index (κ1) is 16.3. The van der Waals surface area contributed by atoms with Crippen LogP contribution in [-0.2, 0) is 10.0 Å². The van der Waals surface area contributed by atoms with Gasteiger partial charge in [-0.2, -0.15) is 0 Å². The summed E-state index contributed by atoms with van der Waals surface area (Å²) < 4.78 is 33.9. The van der Waals surface area contributed by atoms with Crippen molar-refractivity contribution in [3.63, 3.8) is 0 Å². The predicted octanol–water partition coefficient (Wildman–Crippen LogP) is 4.25. The number of hydrogen-bond acceptors (Lipinski definition) is 4. The van der Waals surface area contributed by atoms with Gasteiger partial charge in [-0.1, -0.05) is 6.07 Å². The van der Waals surface area contributed by atoms with Crippen molar-refractivity contribution in [2.45, 2.75) is 25.0 Å². The third-order valence-electron chi connectivity index (χ3n) is 3.15. The van der Waals surface area contributed by atoms with Crippen molar-refractivity contribution in [2.75, 3.05) is 11.8 Å². The first-order valence-electron chi connectivity index (χ1n) is 6.19. The number of ether oxygens (including phenoxy) is 1. The van der Waals surface area contributed by atoms with E-state index in [1.165, 1.54) is 11.3 Å². The maximum atomic E-state index is 12.4. The Balaban J connectivity index is 2.42. The van der Waals surface area contributed by atoms with Crippen LogP contribution in [0.3, 0.4) is 0 Å². The van der Waals surface area contributed by atoms with Gasteiger partial charge in [0.2, 0.25) is 0 Å². The number of nitrogens with one attached hydrogen (secondary N) is 1. The molecule has 2 aromatic rings. The zero-order chi connectivity index (χ0) is 15.8. The molecule has 1 N–H and O–H groups in total. The fourth-order valence-electron chi connectivity index (χ4n) is 2.01. The van der Waals surface area contributed by atoms with Gasteiger partial charge in [0.25, 0.3) is 10.0 Å². The SMILES string of the molecule is COc1c(C)ccc(NS(=O)(=O)c2cc(C)c(Br)s2)c1C. The molecule has 0 aliphatic carbocycles. The molecule has 7 heteroatoms. The van der Waals surface area contributed by atoms with Crippen molar-refractivity contribution in [3.8, 4) is 5.75 Å². The van der Waals surface area contributed by atoms with Gasteiger partial charge in [0.1, 0.15) is 9.96 Å². The van der Waals surface area contributed by atoms with E-state index in [0.29, 0.717) is 11.4 Å². The van der Waals surface area contributed by atoms with E-state index in [-0.39, 0.29) is 4.21 Å². The standard InChI is InChI=1S/C14H16BrNO3S2/c1-8-5-6-11(10(3)13(8)19-4)16-21(17,18)12-7-9(2)14(15)20-12/h5-7,16H,1-4H3. The molecule has 21 heavy (non-hydrogen) atoms. The van der Waals surface area contributed by atoms with Crippen molar-refractivity contribution in [1.82, 2.24) is 0 Å². The molecule has 0 bridgehead atoms. The van der Waals surface area contributed by atoms with Crippen LogP contribution in [0.4, 0.5) is 5.69 Å². The normalized spacial score (nSPS) is 11.5. The van der Waals surface area contributed by atoms with Gasteiger partial charge in [0, 0.05) is 5.56 Å². The minimum atomic E-state index is -3.59. The maximum Gasteiger partial charge on any atom is 0.271 e. The Hall–Kier alpha value is -1.05. The second-order valence-electron chi connectivity index (χ2n) is 4.72. The largest absolute Gasteiger partial charge is 0.496 e. The van der Waals surface area contributed by atoms with Crippen molar-refractivity contribution >= 4 is 43.0 Å². The summed E-state index contributed by atoms with van der Waals surface area (Å²) in [6.07, 6.45) is 0. The van der Waals surface area contributed by atoms with E-state index >= 15 is 0 Å². The molecule has 0 fully saturated rings. The Morgan fingerprint density at radius 1 is 1.19 bits per heavy atom. The average molecular weight is 390 g/mol. The lowest BCUT2D eigenvalue weighted by Gasteiger charge is -2.14. The van der Waals surface area contributed by atoms with Crippen LogP contribution in [0.25, 0.3) is 0 Å². The average Bonchev–Trinajstić information content (AvgIpc) is 2.75. The molecular formula is C14H16BrNO3S2. The Morgan fingerprint density at radius 3 is 2.38 bits per heavy atom. The van der Waals surface area contributed by atoms with Gasteiger partial charge in [0.15, 0.2) is 0 Å². The highest BCUT2D eigenvalue weighted by Gasteiger charge is 2.20. The number of benzene rings is 1. The van der Waals surface area contributed by atoms with Crippen molar-refractivity contribution in [3.05, 3.63) is 38.7 Å². The lowest BCUT2D eigenvalue weighted by Crippen LogP contribution is -2.13. The van der Waals surface area contributed by atoms with Crippen LogP contribution >= 0.6 is 27.3 Å². The Bertz CT molecular complexity index is 762. The zero-order valence-electron chi connectivity index (χ0n) is 12.2. The first-order valence-corrected chi connectivity index (χ1v) is 9.28. The third-order valence-corrected chi connectivity index (χ3v) is 7.13.